The molecule has 0 aliphatic carbocycles. The first-order chi connectivity index (χ1) is 19.7. The lowest BCUT2D eigenvalue weighted by Crippen LogP contribution is -2.39. The molecule has 0 fully saturated rings. The van der Waals surface area contributed by atoms with E-state index >= 15 is 0 Å². The molecule has 5 rings (SSSR count). The highest BCUT2D eigenvalue weighted by Crippen LogP contribution is 2.32. The van der Waals surface area contributed by atoms with Crippen LogP contribution in [0.25, 0.3) is 6.08 Å². The fourth-order valence-corrected chi connectivity index (χ4v) is 7.75. The molecule has 0 saturated carbocycles. The molecule has 0 unspecified atom stereocenters. The molecular formula is C31H25FI2N2O4S. The van der Waals surface area contributed by atoms with E-state index in [1.54, 1.807) is 36.6 Å². The lowest BCUT2D eigenvalue weighted by molar-refractivity contribution is -0.139. The van der Waals surface area contributed by atoms with Crippen LogP contribution in [0.15, 0.2) is 81.7 Å². The number of fused-ring (bicyclic) bond motifs is 1. The van der Waals surface area contributed by atoms with Gasteiger partial charge in [-0.2, -0.15) is 0 Å². The van der Waals surface area contributed by atoms with E-state index in [0.717, 1.165) is 23.8 Å². The predicted octanol–water partition coefficient (Wildman–Crippen LogP) is 6.03. The zero-order chi connectivity index (χ0) is 29.3. The van der Waals surface area contributed by atoms with Gasteiger partial charge in [0.25, 0.3) is 5.56 Å². The zero-order valence-electron chi connectivity index (χ0n) is 22.4. The second-order valence-electron chi connectivity index (χ2n) is 9.41. The Morgan fingerprint density at radius 1 is 1.10 bits per heavy atom. The molecule has 0 saturated heterocycles. The molecule has 10 heteroatoms. The molecule has 6 nitrogen and oxygen atoms in total. The number of ether oxygens (including phenoxy) is 2. The summed E-state index contributed by atoms with van der Waals surface area (Å²) in [7, 11) is 0. The molecule has 0 radical (unpaired) electrons. The monoisotopic (exact) mass is 794 g/mol. The van der Waals surface area contributed by atoms with E-state index in [-0.39, 0.29) is 24.6 Å². The average Bonchev–Trinajstić information content (AvgIpc) is 3.23. The summed E-state index contributed by atoms with van der Waals surface area (Å²) in [6.07, 6.45) is 1.82. The number of hydrogen-bond donors (Lipinski definition) is 0. The third-order valence-electron chi connectivity index (χ3n) is 6.56. The molecule has 4 aromatic rings. The summed E-state index contributed by atoms with van der Waals surface area (Å²) in [6.45, 7) is 5.84. The van der Waals surface area contributed by atoms with E-state index in [4.69, 9.17) is 9.47 Å². The van der Waals surface area contributed by atoms with Gasteiger partial charge in [-0.05, 0) is 101 Å². The van der Waals surface area contributed by atoms with E-state index in [9.17, 15) is 14.0 Å². The van der Waals surface area contributed by atoms with E-state index in [2.05, 4.69) is 50.2 Å². The summed E-state index contributed by atoms with van der Waals surface area (Å²) in [5.41, 5.74) is 3.82. The Hall–Kier alpha value is -2.84. The maximum absolute atomic E-state index is 14.1. The number of thiazole rings is 1. The van der Waals surface area contributed by atoms with Crippen molar-refractivity contribution in [3.8, 4) is 5.75 Å². The topological polar surface area (TPSA) is 69.9 Å². The lowest BCUT2D eigenvalue weighted by Gasteiger charge is -2.24. The van der Waals surface area contributed by atoms with Gasteiger partial charge >= 0.3 is 5.97 Å². The standard InChI is InChI=1S/C31H25FI2N2O4S/c1-4-39-30(38)26-18(3)35-31-36(27(26)20-11-9-17(2)10-12-20)29(37)25(41-31)15-19-13-23(33)28(24(34)14-19)40-16-21-7-5-6-8-22(21)32/h5-15,27H,4,16H2,1-3H3/b25-15+/t27-/m0/s1. The summed E-state index contributed by atoms with van der Waals surface area (Å²) < 4.78 is 29.1. The van der Waals surface area contributed by atoms with Gasteiger partial charge in [-0.3, -0.25) is 9.36 Å². The Kier molecular flexibility index (Phi) is 9.09. The molecule has 0 amide bonds. The number of rotatable bonds is 7. The van der Waals surface area contributed by atoms with Crippen molar-refractivity contribution in [2.75, 3.05) is 6.61 Å². The number of carbonyl (C=O) groups excluding carboxylic acids is 1. The van der Waals surface area contributed by atoms with Crippen molar-refractivity contribution in [1.29, 1.82) is 0 Å². The quantitative estimate of drug-likeness (QED) is 0.169. The van der Waals surface area contributed by atoms with Crippen molar-refractivity contribution in [3.63, 3.8) is 0 Å². The van der Waals surface area contributed by atoms with Crippen LogP contribution in [0.4, 0.5) is 4.39 Å². The van der Waals surface area contributed by atoms with E-state index in [1.807, 2.05) is 49.4 Å². The van der Waals surface area contributed by atoms with Crippen LogP contribution >= 0.6 is 56.5 Å². The molecule has 0 N–H and O–H groups in total. The normalized spacial score (nSPS) is 15.0. The minimum Gasteiger partial charge on any atom is -0.487 e. The molecule has 1 aliphatic heterocycles. The molecule has 1 atom stereocenters. The van der Waals surface area contributed by atoms with Crippen molar-refractivity contribution in [3.05, 3.63) is 127 Å². The number of esters is 1. The highest BCUT2D eigenvalue weighted by Gasteiger charge is 2.33. The summed E-state index contributed by atoms with van der Waals surface area (Å²) >= 11 is 5.65. The van der Waals surface area contributed by atoms with Crippen molar-refractivity contribution < 1.29 is 18.7 Å². The Balaban J connectivity index is 1.56. The Morgan fingerprint density at radius 2 is 1.78 bits per heavy atom. The SMILES string of the molecule is CCOC(=O)C1=C(C)N=c2s/c(=C/c3cc(I)c(OCc4ccccc4F)c(I)c3)c(=O)n2[C@H]1c1ccc(C)cc1. The number of benzene rings is 3. The van der Waals surface area contributed by atoms with Crippen molar-refractivity contribution >= 4 is 68.6 Å². The van der Waals surface area contributed by atoms with Crippen LogP contribution in [-0.4, -0.2) is 17.1 Å². The number of hydrogen-bond acceptors (Lipinski definition) is 6. The summed E-state index contributed by atoms with van der Waals surface area (Å²) in [6, 6.07) is 17.5. The first-order valence-corrected chi connectivity index (χ1v) is 15.8. The van der Waals surface area contributed by atoms with Crippen molar-refractivity contribution in [1.82, 2.24) is 4.57 Å². The van der Waals surface area contributed by atoms with Crippen LogP contribution in [0.3, 0.4) is 0 Å². The van der Waals surface area contributed by atoms with Gasteiger partial charge < -0.3 is 9.47 Å². The van der Waals surface area contributed by atoms with Gasteiger partial charge in [-0.1, -0.05) is 59.4 Å². The molecule has 2 heterocycles. The van der Waals surface area contributed by atoms with Crippen LogP contribution in [0.1, 0.15) is 42.1 Å². The van der Waals surface area contributed by atoms with Gasteiger partial charge in [-0.25, -0.2) is 14.2 Å². The number of allylic oxidation sites excluding steroid dienone is 1. The van der Waals surface area contributed by atoms with Gasteiger partial charge in [0.05, 0.1) is 35.6 Å². The van der Waals surface area contributed by atoms with Crippen LogP contribution in [0.2, 0.25) is 0 Å². The second-order valence-corrected chi connectivity index (χ2v) is 12.7. The van der Waals surface area contributed by atoms with Crippen LogP contribution in [0.5, 0.6) is 5.75 Å². The smallest absolute Gasteiger partial charge is 0.338 e. The molecule has 41 heavy (non-hydrogen) atoms. The van der Waals surface area contributed by atoms with Gasteiger partial charge in [0.1, 0.15) is 18.2 Å². The Labute approximate surface area is 267 Å². The zero-order valence-corrected chi connectivity index (χ0v) is 27.5. The molecule has 1 aromatic heterocycles. The first kappa shape index (κ1) is 29.6. The van der Waals surface area contributed by atoms with E-state index in [0.29, 0.717) is 31.9 Å². The van der Waals surface area contributed by atoms with Gasteiger partial charge in [-0.15, -0.1) is 0 Å². The van der Waals surface area contributed by atoms with Crippen LogP contribution in [-0.2, 0) is 16.1 Å². The maximum Gasteiger partial charge on any atom is 0.338 e. The van der Waals surface area contributed by atoms with Crippen LogP contribution < -0.4 is 19.6 Å². The summed E-state index contributed by atoms with van der Waals surface area (Å²) in [4.78, 5) is 32.1. The van der Waals surface area contributed by atoms with Gasteiger partial charge in [0, 0.05) is 5.56 Å². The number of carbonyl (C=O) groups is 1. The molecule has 3 aromatic carbocycles. The number of nitrogens with zero attached hydrogens (tertiary/aromatic N) is 2. The molecule has 1 aliphatic rings. The van der Waals surface area contributed by atoms with Crippen LogP contribution in [0, 0.1) is 19.9 Å². The minimum absolute atomic E-state index is 0.109. The van der Waals surface area contributed by atoms with Gasteiger partial charge in [0.2, 0.25) is 0 Å². The average molecular weight is 794 g/mol. The highest BCUT2D eigenvalue weighted by atomic mass is 127. The minimum atomic E-state index is -0.650. The third kappa shape index (κ3) is 6.19. The molecule has 0 bridgehead atoms. The highest BCUT2D eigenvalue weighted by molar-refractivity contribution is 14.1. The Bertz CT molecular complexity index is 1840. The summed E-state index contributed by atoms with van der Waals surface area (Å²) in [5, 5.41) is 0. The Morgan fingerprint density at radius 3 is 2.44 bits per heavy atom. The largest absolute Gasteiger partial charge is 0.487 e. The summed E-state index contributed by atoms with van der Waals surface area (Å²) in [5.74, 6) is -0.138. The molecule has 0 spiro atoms. The van der Waals surface area contributed by atoms with Crippen molar-refractivity contribution in [2.45, 2.75) is 33.4 Å². The number of aromatic nitrogens is 1. The predicted molar refractivity (Wildman–Crippen MR) is 174 cm³/mol. The van der Waals surface area contributed by atoms with Gasteiger partial charge in [0.15, 0.2) is 4.80 Å². The first-order valence-electron chi connectivity index (χ1n) is 12.8. The number of aryl methyl sites for hydroxylation is 1. The lowest BCUT2D eigenvalue weighted by atomic mass is 9.95. The van der Waals surface area contributed by atoms with E-state index in [1.165, 1.54) is 17.4 Å². The molecule has 210 valence electrons. The fraction of sp³-hybridized carbons (Fsp3) is 0.194. The number of halogens is 3. The third-order valence-corrected chi connectivity index (χ3v) is 9.14. The maximum atomic E-state index is 14.1. The fourth-order valence-electron chi connectivity index (χ4n) is 4.57. The van der Waals surface area contributed by atoms with E-state index < -0.39 is 12.0 Å². The van der Waals surface area contributed by atoms with Crippen molar-refractivity contribution in [2.24, 2.45) is 4.99 Å². The second kappa shape index (κ2) is 12.6. The molecular weight excluding hydrogens is 769 g/mol.